The van der Waals surface area contributed by atoms with Crippen molar-refractivity contribution in [2.75, 3.05) is 40.0 Å². The van der Waals surface area contributed by atoms with E-state index in [-0.39, 0.29) is 5.92 Å². The molecule has 0 bridgehead atoms. The standard InChI is InChI=1S/C24H29NO4/c1-28-22-11-5-9-20(17-22)23(19-7-3-2-4-8-19)12-15-29-16-14-25-13-6-10-21(18-25)24(26)27/h2-5,7-9,11-12,17,21H,6,10,13-16,18H2,1H3,(H,26,27)/b23-12-/t21-/m1/s1. The van der Waals surface area contributed by atoms with E-state index < -0.39 is 5.97 Å². The predicted molar refractivity (Wildman–Crippen MR) is 114 cm³/mol. The molecule has 1 aliphatic heterocycles. The smallest absolute Gasteiger partial charge is 0.307 e. The SMILES string of the molecule is COc1cccc(/C(=C\COCCN2CCC[C@@H](C(=O)O)C2)c2ccccc2)c1. The second-order valence-corrected chi connectivity index (χ2v) is 7.27. The van der Waals surface area contributed by atoms with Crippen molar-refractivity contribution in [3.05, 3.63) is 71.8 Å². The zero-order valence-corrected chi connectivity index (χ0v) is 16.9. The first-order chi connectivity index (χ1) is 14.2. The van der Waals surface area contributed by atoms with Gasteiger partial charge in [0.25, 0.3) is 0 Å². The van der Waals surface area contributed by atoms with Crippen LogP contribution >= 0.6 is 0 Å². The van der Waals surface area contributed by atoms with E-state index in [1.165, 1.54) is 0 Å². The van der Waals surface area contributed by atoms with E-state index >= 15 is 0 Å². The number of carboxylic acids is 1. The van der Waals surface area contributed by atoms with Crippen LogP contribution in [-0.4, -0.2) is 55.9 Å². The zero-order chi connectivity index (χ0) is 20.5. The predicted octanol–water partition coefficient (Wildman–Crippen LogP) is 3.94. The molecule has 29 heavy (non-hydrogen) atoms. The highest BCUT2D eigenvalue weighted by atomic mass is 16.5. The Labute approximate surface area is 172 Å². The number of methoxy groups -OCH3 is 1. The summed E-state index contributed by atoms with van der Waals surface area (Å²) in [6.45, 7) is 3.41. The topological polar surface area (TPSA) is 59.0 Å². The van der Waals surface area contributed by atoms with Crippen LogP contribution < -0.4 is 4.74 Å². The van der Waals surface area contributed by atoms with Crippen LogP contribution in [0, 0.1) is 5.92 Å². The first kappa shape index (κ1) is 21.1. The van der Waals surface area contributed by atoms with Crippen molar-refractivity contribution in [3.8, 4) is 5.75 Å². The number of hydrogen-bond donors (Lipinski definition) is 1. The monoisotopic (exact) mass is 395 g/mol. The summed E-state index contributed by atoms with van der Waals surface area (Å²) >= 11 is 0. The molecular weight excluding hydrogens is 366 g/mol. The first-order valence-corrected chi connectivity index (χ1v) is 10.1. The van der Waals surface area contributed by atoms with E-state index in [9.17, 15) is 9.90 Å². The van der Waals surface area contributed by atoms with Crippen LogP contribution in [0.4, 0.5) is 0 Å². The number of ether oxygens (including phenoxy) is 2. The quantitative estimate of drug-likeness (QED) is 0.652. The van der Waals surface area contributed by atoms with Crippen molar-refractivity contribution < 1.29 is 19.4 Å². The summed E-state index contributed by atoms with van der Waals surface area (Å²) in [6.07, 6.45) is 3.81. The van der Waals surface area contributed by atoms with Gasteiger partial charge >= 0.3 is 5.97 Å². The molecule has 1 atom stereocenters. The molecule has 1 fully saturated rings. The van der Waals surface area contributed by atoms with Gasteiger partial charge in [0, 0.05) is 13.1 Å². The van der Waals surface area contributed by atoms with Crippen LogP contribution in [0.25, 0.3) is 5.57 Å². The van der Waals surface area contributed by atoms with Gasteiger partial charge in [0.05, 0.1) is 26.2 Å². The zero-order valence-electron chi connectivity index (χ0n) is 16.9. The summed E-state index contributed by atoms with van der Waals surface area (Å²) in [6, 6.07) is 18.3. The number of likely N-dealkylation sites (tertiary alicyclic amines) is 1. The molecule has 5 nitrogen and oxygen atoms in total. The lowest BCUT2D eigenvalue weighted by atomic mass is 9.97. The van der Waals surface area contributed by atoms with E-state index in [1.54, 1.807) is 7.11 Å². The summed E-state index contributed by atoms with van der Waals surface area (Å²) in [4.78, 5) is 13.4. The van der Waals surface area contributed by atoms with Crippen LogP contribution in [0.2, 0.25) is 0 Å². The van der Waals surface area contributed by atoms with Gasteiger partial charge in [0.1, 0.15) is 5.75 Å². The minimum absolute atomic E-state index is 0.249. The average Bonchev–Trinajstić information content (AvgIpc) is 2.77. The van der Waals surface area contributed by atoms with Gasteiger partial charge in [0.2, 0.25) is 0 Å². The van der Waals surface area contributed by atoms with Crippen LogP contribution in [-0.2, 0) is 9.53 Å². The summed E-state index contributed by atoms with van der Waals surface area (Å²) in [5.74, 6) is -0.117. The van der Waals surface area contributed by atoms with Gasteiger partial charge in [-0.25, -0.2) is 0 Å². The number of piperidine rings is 1. The fourth-order valence-corrected chi connectivity index (χ4v) is 3.69. The van der Waals surface area contributed by atoms with Gasteiger partial charge in [-0.05, 0) is 48.2 Å². The van der Waals surface area contributed by atoms with Crippen LogP contribution in [0.15, 0.2) is 60.7 Å². The van der Waals surface area contributed by atoms with Crippen molar-refractivity contribution in [1.29, 1.82) is 0 Å². The van der Waals surface area contributed by atoms with Gasteiger partial charge < -0.3 is 19.5 Å². The molecule has 1 saturated heterocycles. The molecule has 0 saturated carbocycles. The van der Waals surface area contributed by atoms with Crippen LogP contribution in [0.5, 0.6) is 5.75 Å². The third-order valence-electron chi connectivity index (χ3n) is 5.28. The first-order valence-electron chi connectivity index (χ1n) is 10.1. The lowest BCUT2D eigenvalue weighted by molar-refractivity contribution is -0.143. The van der Waals surface area contributed by atoms with Gasteiger partial charge in [-0.2, -0.15) is 0 Å². The summed E-state index contributed by atoms with van der Waals surface area (Å²) in [7, 11) is 1.67. The molecule has 0 spiro atoms. The van der Waals surface area contributed by atoms with E-state index in [1.807, 2.05) is 36.4 Å². The molecule has 0 aliphatic carbocycles. The van der Waals surface area contributed by atoms with Crippen molar-refractivity contribution in [3.63, 3.8) is 0 Å². The summed E-state index contributed by atoms with van der Waals surface area (Å²) < 4.78 is 11.2. The van der Waals surface area contributed by atoms with Gasteiger partial charge in [0.15, 0.2) is 0 Å². The van der Waals surface area contributed by atoms with E-state index in [4.69, 9.17) is 9.47 Å². The van der Waals surface area contributed by atoms with E-state index in [0.717, 1.165) is 48.4 Å². The lowest BCUT2D eigenvalue weighted by Gasteiger charge is -2.30. The highest BCUT2D eigenvalue weighted by Gasteiger charge is 2.24. The molecule has 154 valence electrons. The second-order valence-electron chi connectivity index (χ2n) is 7.27. The number of nitrogens with zero attached hydrogens (tertiary/aromatic N) is 1. The molecule has 0 unspecified atom stereocenters. The molecule has 0 radical (unpaired) electrons. The summed E-state index contributed by atoms with van der Waals surface area (Å²) in [5.41, 5.74) is 3.32. The molecule has 0 aromatic heterocycles. The Bertz CT molecular complexity index is 819. The molecular formula is C24H29NO4. The number of aliphatic carboxylic acids is 1. The number of carbonyl (C=O) groups is 1. The van der Waals surface area contributed by atoms with E-state index in [2.05, 4.69) is 29.2 Å². The maximum atomic E-state index is 11.2. The molecule has 1 aliphatic rings. The Morgan fingerprint density at radius 3 is 2.72 bits per heavy atom. The van der Waals surface area contributed by atoms with E-state index in [0.29, 0.717) is 19.8 Å². The molecule has 2 aromatic carbocycles. The second kappa shape index (κ2) is 10.8. The Kier molecular flexibility index (Phi) is 7.85. The third kappa shape index (κ3) is 6.17. The Morgan fingerprint density at radius 1 is 1.17 bits per heavy atom. The molecule has 2 aromatic rings. The van der Waals surface area contributed by atoms with Crippen molar-refractivity contribution in [2.45, 2.75) is 12.8 Å². The minimum Gasteiger partial charge on any atom is -0.497 e. The number of rotatable bonds is 9. The Balaban J connectivity index is 1.59. The van der Waals surface area contributed by atoms with Crippen molar-refractivity contribution in [1.82, 2.24) is 4.90 Å². The number of hydrogen-bond acceptors (Lipinski definition) is 4. The fourth-order valence-electron chi connectivity index (χ4n) is 3.69. The number of carboxylic acid groups (broad SMARTS) is 1. The van der Waals surface area contributed by atoms with Gasteiger partial charge in [-0.15, -0.1) is 0 Å². The molecule has 5 heteroatoms. The molecule has 1 heterocycles. The van der Waals surface area contributed by atoms with Gasteiger partial charge in [-0.3, -0.25) is 4.79 Å². The molecule has 3 rings (SSSR count). The maximum absolute atomic E-state index is 11.2. The third-order valence-corrected chi connectivity index (χ3v) is 5.28. The van der Waals surface area contributed by atoms with Crippen molar-refractivity contribution in [2.24, 2.45) is 5.92 Å². The van der Waals surface area contributed by atoms with Gasteiger partial charge in [-0.1, -0.05) is 48.5 Å². The highest BCUT2D eigenvalue weighted by molar-refractivity contribution is 5.80. The highest BCUT2D eigenvalue weighted by Crippen LogP contribution is 2.26. The average molecular weight is 395 g/mol. The Morgan fingerprint density at radius 2 is 1.97 bits per heavy atom. The lowest BCUT2D eigenvalue weighted by Crippen LogP contribution is -2.40. The Hall–Kier alpha value is -2.63. The normalized spacial score (nSPS) is 17.8. The van der Waals surface area contributed by atoms with Crippen LogP contribution in [0.3, 0.4) is 0 Å². The van der Waals surface area contributed by atoms with Crippen molar-refractivity contribution >= 4 is 11.5 Å². The largest absolute Gasteiger partial charge is 0.497 e. The maximum Gasteiger partial charge on any atom is 0.307 e. The minimum atomic E-state index is -0.690. The molecule has 1 N–H and O–H groups in total. The summed E-state index contributed by atoms with van der Waals surface area (Å²) in [5, 5.41) is 9.21. The number of benzene rings is 2. The van der Waals surface area contributed by atoms with Crippen LogP contribution in [0.1, 0.15) is 24.0 Å². The fraction of sp³-hybridized carbons (Fsp3) is 0.375. The molecule has 0 amide bonds.